The van der Waals surface area contributed by atoms with Crippen LogP contribution in [0.15, 0.2) is 47.4 Å². The first kappa shape index (κ1) is 20.1. The summed E-state index contributed by atoms with van der Waals surface area (Å²) in [7, 11) is -3.74. The second-order valence-electron chi connectivity index (χ2n) is 6.61. The Hall–Kier alpha value is -1.60. The van der Waals surface area contributed by atoms with E-state index in [1.165, 1.54) is 16.4 Å². The van der Waals surface area contributed by atoms with Crippen molar-refractivity contribution in [2.45, 2.75) is 24.7 Å². The van der Waals surface area contributed by atoms with E-state index in [1.54, 1.807) is 6.07 Å². The summed E-state index contributed by atoms with van der Waals surface area (Å²) in [6.45, 7) is 2.48. The molecule has 1 heterocycles. The molecule has 0 radical (unpaired) electrons. The fraction of sp³-hybridized carbons (Fsp3) is 0.316. The SMILES string of the molecule is Cc1cccc(NC(=O)C2CCN(S(=O)(=O)c3cc(Cl)ccc3Cl)CC2)c1. The van der Waals surface area contributed by atoms with E-state index in [0.717, 1.165) is 11.3 Å². The van der Waals surface area contributed by atoms with Gasteiger partial charge in [-0.25, -0.2) is 8.42 Å². The Morgan fingerprint density at radius 1 is 1.11 bits per heavy atom. The largest absolute Gasteiger partial charge is 0.326 e. The molecular formula is C19H20Cl2N2O3S. The summed E-state index contributed by atoms with van der Waals surface area (Å²) in [4.78, 5) is 12.5. The van der Waals surface area contributed by atoms with E-state index in [4.69, 9.17) is 23.2 Å². The fourth-order valence-corrected chi connectivity index (χ4v) is 5.35. The van der Waals surface area contributed by atoms with Gasteiger partial charge in [-0.1, -0.05) is 35.3 Å². The van der Waals surface area contributed by atoms with Crippen molar-refractivity contribution in [1.82, 2.24) is 4.31 Å². The van der Waals surface area contributed by atoms with Gasteiger partial charge in [0.2, 0.25) is 15.9 Å². The number of nitrogens with one attached hydrogen (secondary N) is 1. The first-order valence-corrected chi connectivity index (χ1v) is 10.8. The van der Waals surface area contributed by atoms with Gasteiger partial charge in [0.15, 0.2) is 0 Å². The zero-order chi connectivity index (χ0) is 19.6. The number of nitrogens with zero attached hydrogens (tertiary/aromatic N) is 1. The van der Waals surface area contributed by atoms with Crippen molar-refractivity contribution >= 4 is 44.8 Å². The number of halogens is 2. The highest BCUT2D eigenvalue weighted by atomic mass is 35.5. The summed E-state index contributed by atoms with van der Waals surface area (Å²) >= 11 is 12.0. The number of sulfonamides is 1. The molecule has 8 heteroatoms. The maximum Gasteiger partial charge on any atom is 0.244 e. The molecule has 0 atom stereocenters. The zero-order valence-electron chi connectivity index (χ0n) is 14.8. The molecule has 1 amide bonds. The summed E-state index contributed by atoms with van der Waals surface area (Å²) in [6.07, 6.45) is 0.907. The van der Waals surface area contributed by atoms with Gasteiger partial charge in [0.1, 0.15) is 4.90 Å². The van der Waals surface area contributed by atoms with E-state index in [-0.39, 0.29) is 34.8 Å². The van der Waals surface area contributed by atoms with Crippen LogP contribution in [0, 0.1) is 12.8 Å². The van der Waals surface area contributed by atoms with Gasteiger partial charge in [-0.2, -0.15) is 4.31 Å². The van der Waals surface area contributed by atoms with Crippen LogP contribution in [-0.2, 0) is 14.8 Å². The summed E-state index contributed by atoms with van der Waals surface area (Å²) in [5.74, 6) is -0.315. The number of amides is 1. The molecule has 0 unspecified atom stereocenters. The molecule has 2 aromatic rings. The number of hydrogen-bond acceptors (Lipinski definition) is 3. The first-order chi connectivity index (χ1) is 12.8. The molecule has 1 aliphatic heterocycles. The Morgan fingerprint density at radius 3 is 2.48 bits per heavy atom. The van der Waals surface area contributed by atoms with Crippen molar-refractivity contribution in [3.8, 4) is 0 Å². The smallest absolute Gasteiger partial charge is 0.244 e. The van der Waals surface area contributed by atoms with Crippen molar-refractivity contribution in [1.29, 1.82) is 0 Å². The van der Waals surface area contributed by atoms with Gasteiger partial charge in [-0.05, 0) is 55.7 Å². The number of carbonyl (C=O) groups excluding carboxylic acids is 1. The number of benzene rings is 2. The summed E-state index contributed by atoms with van der Waals surface area (Å²) in [6, 6.07) is 12.0. The fourth-order valence-electron chi connectivity index (χ4n) is 3.14. The van der Waals surface area contributed by atoms with E-state index < -0.39 is 10.0 Å². The van der Waals surface area contributed by atoms with Crippen LogP contribution in [0.25, 0.3) is 0 Å². The third kappa shape index (κ3) is 4.63. The van der Waals surface area contributed by atoms with Crippen molar-refractivity contribution < 1.29 is 13.2 Å². The minimum atomic E-state index is -3.74. The van der Waals surface area contributed by atoms with Gasteiger partial charge in [0, 0.05) is 29.7 Å². The van der Waals surface area contributed by atoms with Crippen molar-refractivity contribution in [3.05, 3.63) is 58.1 Å². The molecule has 1 fully saturated rings. The van der Waals surface area contributed by atoms with Gasteiger partial charge in [0.25, 0.3) is 0 Å². The highest BCUT2D eigenvalue weighted by molar-refractivity contribution is 7.89. The molecule has 0 aromatic heterocycles. The maximum absolute atomic E-state index is 12.8. The number of aryl methyl sites for hydroxylation is 1. The number of anilines is 1. The number of carbonyl (C=O) groups is 1. The molecule has 27 heavy (non-hydrogen) atoms. The van der Waals surface area contributed by atoms with Gasteiger partial charge < -0.3 is 5.32 Å². The highest BCUT2D eigenvalue weighted by Gasteiger charge is 2.33. The van der Waals surface area contributed by atoms with Crippen LogP contribution in [-0.4, -0.2) is 31.7 Å². The molecule has 1 saturated heterocycles. The minimum absolute atomic E-state index is 0.000621. The van der Waals surface area contributed by atoms with Crippen LogP contribution < -0.4 is 5.32 Å². The Labute approximate surface area is 169 Å². The number of rotatable bonds is 4. The lowest BCUT2D eigenvalue weighted by Crippen LogP contribution is -2.41. The molecule has 0 aliphatic carbocycles. The van der Waals surface area contributed by atoms with Gasteiger partial charge in [-0.3, -0.25) is 4.79 Å². The molecular weight excluding hydrogens is 407 g/mol. The molecule has 2 aromatic carbocycles. The molecule has 5 nitrogen and oxygen atoms in total. The highest BCUT2D eigenvalue weighted by Crippen LogP contribution is 2.30. The van der Waals surface area contributed by atoms with Gasteiger partial charge >= 0.3 is 0 Å². The molecule has 3 rings (SSSR count). The second-order valence-corrected chi connectivity index (χ2v) is 9.36. The average molecular weight is 427 g/mol. The Morgan fingerprint density at radius 2 is 1.81 bits per heavy atom. The third-order valence-corrected chi connectivity index (χ3v) is 7.24. The van der Waals surface area contributed by atoms with E-state index >= 15 is 0 Å². The molecule has 0 saturated carbocycles. The van der Waals surface area contributed by atoms with Crippen molar-refractivity contribution in [2.75, 3.05) is 18.4 Å². The quantitative estimate of drug-likeness (QED) is 0.790. The second kappa shape index (κ2) is 8.19. The Kier molecular flexibility index (Phi) is 6.11. The zero-order valence-corrected chi connectivity index (χ0v) is 17.1. The van der Waals surface area contributed by atoms with Crippen LogP contribution in [0.4, 0.5) is 5.69 Å². The Balaban J connectivity index is 1.66. The third-order valence-electron chi connectivity index (χ3n) is 4.62. The van der Waals surface area contributed by atoms with Crippen LogP contribution in [0.5, 0.6) is 0 Å². The van der Waals surface area contributed by atoms with E-state index in [9.17, 15) is 13.2 Å². The number of piperidine rings is 1. The predicted molar refractivity (Wildman–Crippen MR) is 108 cm³/mol. The van der Waals surface area contributed by atoms with Crippen molar-refractivity contribution in [3.63, 3.8) is 0 Å². The summed E-state index contributed by atoms with van der Waals surface area (Å²) in [5, 5.41) is 3.36. The molecule has 0 spiro atoms. The lowest BCUT2D eigenvalue weighted by molar-refractivity contribution is -0.120. The molecule has 1 aliphatic rings. The van der Waals surface area contributed by atoms with Crippen LogP contribution in [0.3, 0.4) is 0 Å². The summed E-state index contributed by atoms with van der Waals surface area (Å²) in [5.41, 5.74) is 1.81. The Bertz CT molecular complexity index is 955. The van der Waals surface area contributed by atoms with Gasteiger partial charge in [0.05, 0.1) is 5.02 Å². The van der Waals surface area contributed by atoms with Crippen molar-refractivity contribution in [2.24, 2.45) is 5.92 Å². The van der Waals surface area contributed by atoms with Gasteiger partial charge in [-0.15, -0.1) is 0 Å². The van der Waals surface area contributed by atoms with Crippen LogP contribution in [0.2, 0.25) is 10.0 Å². The lowest BCUT2D eigenvalue weighted by atomic mass is 9.97. The molecule has 0 bridgehead atoms. The van der Waals surface area contributed by atoms with E-state index in [0.29, 0.717) is 17.9 Å². The lowest BCUT2D eigenvalue weighted by Gasteiger charge is -2.30. The minimum Gasteiger partial charge on any atom is -0.326 e. The normalized spacial score (nSPS) is 16.3. The maximum atomic E-state index is 12.8. The van der Waals surface area contributed by atoms with Crippen LogP contribution in [0.1, 0.15) is 18.4 Å². The number of hydrogen-bond donors (Lipinski definition) is 1. The predicted octanol–water partition coefficient (Wildman–Crippen LogP) is 4.34. The topological polar surface area (TPSA) is 66.5 Å². The summed E-state index contributed by atoms with van der Waals surface area (Å²) < 4.78 is 27.1. The van der Waals surface area contributed by atoms with E-state index in [1.807, 2.05) is 31.2 Å². The monoisotopic (exact) mass is 426 g/mol. The first-order valence-electron chi connectivity index (χ1n) is 8.60. The molecule has 144 valence electrons. The van der Waals surface area contributed by atoms with Crippen LogP contribution >= 0.6 is 23.2 Å². The molecule has 1 N–H and O–H groups in total. The van der Waals surface area contributed by atoms with E-state index in [2.05, 4.69) is 5.32 Å². The average Bonchev–Trinajstić information content (AvgIpc) is 2.63. The standard InChI is InChI=1S/C19H20Cl2N2O3S/c1-13-3-2-4-16(11-13)22-19(24)14-7-9-23(10-8-14)27(25,26)18-12-15(20)5-6-17(18)21/h2-6,11-12,14H,7-10H2,1H3,(H,22,24).